The molecule has 1 aliphatic rings. The lowest BCUT2D eigenvalue weighted by Gasteiger charge is -2.31. The third-order valence-electron chi connectivity index (χ3n) is 5.24. The Balaban J connectivity index is 1.61. The molecule has 1 aromatic carbocycles. The number of hydrogen-bond donors (Lipinski definition) is 2. The molecule has 1 saturated heterocycles. The van der Waals surface area contributed by atoms with E-state index >= 15 is 0 Å². The number of anilines is 1. The molecule has 0 bridgehead atoms. The quantitative estimate of drug-likeness (QED) is 0.517. The van der Waals surface area contributed by atoms with Crippen LogP contribution >= 0.6 is 0 Å². The zero-order valence-electron chi connectivity index (χ0n) is 18.5. The van der Waals surface area contributed by atoms with Gasteiger partial charge in [-0.1, -0.05) is 43.8 Å². The van der Waals surface area contributed by atoms with Gasteiger partial charge in [0.15, 0.2) is 5.84 Å². The van der Waals surface area contributed by atoms with Crippen LogP contribution in [-0.2, 0) is 0 Å². The molecule has 0 unspecified atom stereocenters. The Kier molecular flexibility index (Phi) is 7.41. The first-order valence-electron chi connectivity index (χ1n) is 10.6. The Labute approximate surface area is 183 Å². The van der Waals surface area contributed by atoms with Crippen LogP contribution in [0.1, 0.15) is 44.3 Å². The van der Waals surface area contributed by atoms with Crippen molar-refractivity contribution < 1.29 is 4.52 Å². The van der Waals surface area contributed by atoms with Crippen LogP contribution < -0.4 is 16.4 Å². The highest BCUT2D eigenvalue weighted by atomic mass is 16.5. The maximum Gasteiger partial charge on any atom is 0.237 e. The van der Waals surface area contributed by atoms with Gasteiger partial charge in [-0.2, -0.15) is 15.0 Å². The van der Waals surface area contributed by atoms with Crippen molar-refractivity contribution in [3.63, 3.8) is 0 Å². The van der Waals surface area contributed by atoms with Crippen LogP contribution in [0, 0.1) is 5.92 Å². The molecule has 2 aromatic rings. The molecular formula is C22H32N8O. The Morgan fingerprint density at radius 3 is 2.55 bits per heavy atom. The number of benzene rings is 1. The molecule has 0 amide bonds. The summed E-state index contributed by atoms with van der Waals surface area (Å²) in [7, 11) is 1.85. The maximum absolute atomic E-state index is 6.03. The molecule has 0 aliphatic carbocycles. The van der Waals surface area contributed by atoms with Crippen molar-refractivity contribution in [2.45, 2.75) is 32.6 Å². The van der Waals surface area contributed by atoms with E-state index in [9.17, 15) is 0 Å². The van der Waals surface area contributed by atoms with Gasteiger partial charge in [-0.25, -0.2) is 0 Å². The van der Waals surface area contributed by atoms with Crippen molar-refractivity contribution in [1.82, 2.24) is 15.0 Å². The molecule has 166 valence electrons. The first-order valence-corrected chi connectivity index (χ1v) is 10.6. The number of piperidine rings is 1. The zero-order valence-corrected chi connectivity index (χ0v) is 18.5. The highest BCUT2D eigenvalue weighted by Gasteiger charge is 2.26. The molecule has 9 nitrogen and oxygen atoms in total. The van der Waals surface area contributed by atoms with E-state index in [4.69, 9.17) is 16.0 Å². The van der Waals surface area contributed by atoms with Crippen molar-refractivity contribution in [3.8, 4) is 0 Å². The number of rotatable bonds is 7. The number of hydrogen-bond acceptors (Lipinski definition) is 6. The minimum atomic E-state index is -0.0291. The highest BCUT2D eigenvalue weighted by molar-refractivity contribution is 6.02. The number of guanidine groups is 1. The van der Waals surface area contributed by atoms with Crippen LogP contribution in [0.25, 0.3) is 0 Å². The second-order valence-electron chi connectivity index (χ2n) is 8.20. The van der Waals surface area contributed by atoms with Gasteiger partial charge < -0.3 is 25.8 Å². The fourth-order valence-electron chi connectivity index (χ4n) is 3.59. The van der Waals surface area contributed by atoms with Crippen molar-refractivity contribution in [3.05, 3.63) is 54.4 Å². The SMILES string of the molecule is C=C(N=C(N)N=C(N)c1noc(C2CCN(CC(C)C)CC2)n1)N(C)c1ccccc1. The van der Waals surface area contributed by atoms with Crippen molar-refractivity contribution >= 4 is 17.5 Å². The van der Waals surface area contributed by atoms with E-state index < -0.39 is 0 Å². The molecular weight excluding hydrogens is 392 g/mol. The summed E-state index contributed by atoms with van der Waals surface area (Å²) in [6.45, 7) is 11.6. The lowest BCUT2D eigenvalue weighted by atomic mass is 9.96. The van der Waals surface area contributed by atoms with Crippen molar-refractivity contribution in [2.24, 2.45) is 27.4 Å². The summed E-state index contributed by atoms with van der Waals surface area (Å²) in [6, 6.07) is 9.71. The van der Waals surface area contributed by atoms with Crippen LogP contribution in [-0.4, -0.2) is 53.5 Å². The summed E-state index contributed by atoms with van der Waals surface area (Å²) in [4.78, 5) is 17.0. The van der Waals surface area contributed by atoms with Gasteiger partial charge in [-0.3, -0.25) is 0 Å². The zero-order chi connectivity index (χ0) is 22.4. The first-order chi connectivity index (χ1) is 14.8. The lowest BCUT2D eigenvalue weighted by molar-refractivity contribution is 0.178. The molecule has 9 heteroatoms. The monoisotopic (exact) mass is 424 g/mol. The molecule has 3 rings (SSSR count). The van der Waals surface area contributed by atoms with Gasteiger partial charge >= 0.3 is 0 Å². The number of para-hydroxylation sites is 1. The normalized spacial score (nSPS) is 16.6. The number of aliphatic imine (C=N–C) groups is 2. The lowest BCUT2D eigenvalue weighted by Crippen LogP contribution is -2.35. The van der Waals surface area contributed by atoms with E-state index in [1.807, 2.05) is 37.4 Å². The van der Waals surface area contributed by atoms with E-state index in [0.29, 0.717) is 17.6 Å². The summed E-state index contributed by atoms with van der Waals surface area (Å²) < 4.78 is 5.45. The molecule has 4 N–H and O–H groups in total. The van der Waals surface area contributed by atoms with Crippen LogP contribution in [0.3, 0.4) is 0 Å². The molecule has 0 spiro atoms. The summed E-state index contributed by atoms with van der Waals surface area (Å²) in [5.41, 5.74) is 12.9. The van der Waals surface area contributed by atoms with E-state index in [-0.39, 0.29) is 23.5 Å². The summed E-state index contributed by atoms with van der Waals surface area (Å²) >= 11 is 0. The van der Waals surface area contributed by atoms with E-state index in [1.54, 1.807) is 4.90 Å². The maximum atomic E-state index is 6.03. The minimum absolute atomic E-state index is 0.0291. The average molecular weight is 425 g/mol. The van der Waals surface area contributed by atoms with Gasteiger partial charge in [0.1, 0.15) is 5.82 Å². The van der Waals surface area contributed by atoms with Crippen molar-refractivity contribution in [2.75, 3.05) is 31.6 Å². The second kappa shape index (κ2) is 10.2. The largest absolute Gasteiger partial charge is 0.380 e. The number of aromatic nitrogens is 2. The van der Waals surface area contributed by atoms with Gasteiger partial charge in [-0.05, 0) is 44.0 Å². The van der Waals surface area contributed by atoms with Gasteiger partial charge in [0, 0.05) is 25.2 Å². The van der Waals surface area contributed by atoms with E-state index in [0.717, 1.165) is 38.2 Å². The topological polar surface area (TPSA) is 122 Å². The van der Waals surface area contributed by atoms with Crippen LogP contribution in [0.2, 0.25) is 0 Å². The number of nitrogens with two attached hydrogens (primary N) is 2. The minimum Gasteiger partial charge on any atom is -0.380 e. The fraction of sp³-hybridized carbons (Fsp3) is 0.455. The number of nitrogens with zero attached hydrogens (tertiary/aromatic N) is 6. The molecule has 1 fully saturated rings. The van der Waals surface area contributed by atoms with Crippen LogP contribution in [0.4, 0.5) is 5.69 Å². The molecule has 1 aromatic heterocycles. The number of amidine groups is 1. The Morgan fingerprint density at radius 1 is 1.23 bits per heavy atom. The van der Waals surface area contributed by atoms with Crippen molar-refractivity contribution in [1.29, 1.82) is 0 Å². The first kappa shape index (κ1) is 22.5. The summed E-state index contributed by atoms with van der Waals surface area (Å²) in [5.74, 6) is 2.19. The standard InChI is InChI=1S/C22H32N8O/c1-15(2)14-30-12-10-17(11-13-30)21-27-20(28-31-21)19(23)26-22(24)25-16(3)29(4)18-8-6-5-7-9-18/h5-9,15,17H,3,10-14H2,1-2,4H3,(H4,23,24,25,26). The van der Waals surface area contributed by atoms with E-state index in [1.165, 1.54) is 0 Å². The third kappa shape index (κ3) is 6.14. The molecule has 0 radical (unpaired) electrons. The third-order valence-corrected chi connectivity index (χ3v) is 5.24. The predicted molar refractivity (Wildman–Crippen MR) is 124 cm³/mol. The highest BCUT2D eigenvalue weighted by Crippen LogP contribution is 2.27. The Hall–Kier alpha value is -3.20. The molecule has 2 heterocycles. The van der Waals surface area contributed by atoms with Gasteiger partial charge in [0.05, 0.1) is 0 Å². The molecule has 31 heavy (non-hydrogen) atoms. The van der Waals surface area contributed by atoms with Gasteiger partial charge in [0.25, 0.3) is 0 Å². The van der Waals surface area contributed by atoms with Gasteiger partial charge in [0.2, 0.25) is 17.7 Å². The summed E-state index contributed by atoms with van der Waals surface area (Å²) in [5, 5.41) is 3.97. The fourth-order valence-corrected chi connectivity index (χ4v) is 3.59. The van der Waals surface area contributed by atoms with Crippen LogP contribution in [0.5, 0.6) is 0 Å². The smallest absolute Gasteiger partial charge is 0.237 e. The average Bonchev–Trinajstić information content (AvgIpc) is 3.24. The van der Waals surface area contributed by atoms with Gasteiger partial charge in [-0.15, -0.1) is 0 Å². The number of likely N-dealkylation sites (tertiary alicyclic amines) is 1. The Bertz CT molecular complexity index is 926. The predicted octanol–water partition coefficient (Wildman–Crippen LogP) is 2.53. The summed E-state index contributed by atoms with van der Waals surface area (Å²) in [6.07, 6.45) is 1.97. The van der Waals surface area contributed by atoms with Crippen LogP contribution in [0.15, 0.2) is 57.2 Å². The second-order valence-corrected chi connectivity index (χ2v) is 8.20. The van der Waals surface area contributed by atoms with E-state index in [2.05, 4.69) is 45.5 Å². The molecule has 0 saturated carbocycles. The Morgan fingerprint density at radius 2 is 1.90 bits per heavy atom. The molecule has 1 aliphatic heterocycles. The molecule has 0 atom stereocenters.